The predicted molar refractivity (Wildman–Crippen MR) is 56.1 cm³/mol. The van der Waals surface area contributed by atoms with Gasteiger partial charge in [0.1, 0.15) is 5.75 Å². The smallest absolute Gasteiger partial charge is 0.334 e. The molecule has 1 heterocycles. The number of Topliss-reactive ketones (excluding diaryl/α,β-unsaturated/α-hetero) is 1. The Morgan fingerprint density at radius 2 is 2.19 bits per heavy atom. The highest BCUT2D eigenvalue weighted by molar-refractivity contribution is 6.14. The van der Waals surface area contributed by atoms with Crippen LogP contribution >= 0.6 is 0 Å². The van der Waals surface area contributed by atoms with Crippen molar-refractivity contribution in [2.75, 3.05) is 6.61 Å². The van der Waals surface area contributed by atoms with E-state index in [-0.39, 0.29) is 18.1 Å². The second kappa shape index (κ2) is 4.18. The van der Waals surface area contributed by atoms with Crippen molar-refractivity contribution in [3.05, 3.63) is 41.7 Å². The fourth-order valence-corrected chi connectivity index (χ4v) is 1.43. The summed E-state index contributed by atoms with van der Waals surface area (Å²) in [6, 6.07) is 6.84. The van der Waals surface area contributed by atoms with Gasteiger partial charge in [0.15, 0.2) is 5.76 Å². The van der Waals surface area contributed by atoms with Crippen LogP contribution in [0.3, 0.4) is 0 Å². The van der Waals surface area contributed by atoms with Gasteiger partial charge in [0, 0.05) is 0 Å². The van der Waals surface area contributed by atoms with Crippen molar-refractivity contribution in [1.29, 1.82) is 0 Å². The molecule has 0 N–H and O–H groups in total. The number of rotatable bonds is 2. The Bertz CT molecular complexity index is 474. The first-order chi connectivity index (χ1) is 7.72. The summed E-state index contributed by atoms with van der Waals surface area (Å²) in [4.78, 5) is 22.9. The number of carbonyl (C=O) groups excluding carboxylic acids is 2. The summed E-state index contributed by atoms with van der Waals surface area (Å²) in [6.45, 7) is 1.96. The average Bonchev–Trinajstić information content (AvgIpc) is 2.57. The number of benzene rings is 1. The van der Waals surface area contributed by atoms with E-state index in [9.17, 15) is 9.59 Å². The molecule has 1 aliphatic rings. The summed E-state index contributed by atoms with van der Waals surface area (Å²) >= 11 is 0. The third kappa shape index (κ3) is 1.82. The van der Waals surface area contributed by atoms with Crippen LogP contribution in [-0.4, -0.2) is 18.4 Å². The minimum absolute atomic E-state index is 0.0136. The van der Waals surface area contributed by atoms with E-state index in [0.29, 0.717) is 11.3 Å². The molecule has 0 saturated carbocycles. The first-order valence-corrected chi connectivity index (χ1v) is 4.92. The van der Waals surface area contributed by atoms with E-state index in [4.69, 9.17) is 9.47 Å². The number of carbonyl (C=O) groups is 2. The Morgan fingerprint density at radius 3 is 2.88 bits per heavy atom. The van der Waals surface area contributed by atoms with E-state index < -0.39 is 5.97 Å². The number of ether oxygens (including phenoxy) is 2. The lowest BCUT2D eigenvalue weighted by atomic mass is 10.1. The molecular weight excluding hydrogens is 208 g/mol. The van der Waals surface area contributed by atoms with Crippen molar-refractivity contribution in [2.24, 2.45) is 0 Å². The van der Waals surface area contributed by atoms with E-state index in [1.54, 1.807) is 31.2 Å². The Balaban J connectivity index is 2.25. The first-order valence-electron chi connectivity index (χ1n) is 4.92. The number of para-hydroxylation sites is 1. The third-order valence-electron chi connectivity index (χ3n) is 2.11. The van der Waals surface area contributed by atoms with E-state index in [2.05, 4.69) is 0 Å². The van der Waals surface area contributed by atoms with E-state index >= 15 is 0 Å². The molecule has 0 amide bonds. The van der Waals surface area contributed by atoms with Gasteiger partial charge in [-0.1, -0.05) is 12.1 Å². The van der Waals surface area contributed by atoms with E-state index in [1.807, 2.05) is 0 Å². The molecule has 0 aromatic heterocycles. The maximum absolute atomic E-state index is 11.7. The van der Waals surface area contributed by atoms with Gasteiger partial charge in [-0.05, 0) is 19.1 Å². The van der Waals surface area contributed by atoms with Gasteiger partial charge in [0.2, 0.25) is 5.78 Å². The van der Waals surface area contributed by atoms with E-state index in [0.717, 1.165) is 6.08 Å². The van der Waals surface area contributed by atoms with Crippen LogP contribution in [0.2, 0.25) is 0 Å². The van der Waals surface area contributed by atoms with Crippen molar-refractivity contribution in [1.82, 2.24) is 0 Å². The van der Waals surface area contributed by atoms with Gasteiger partial charge in [-0.25, -0.2) is 4.79 Å². The minimum atomic E-state index is -0.571. The summed E-state index contributed by atoms with van der Waals surface area (Å²) in [5.74, 6) is -0.370. The quantitative estimate of drug-likeness (QED) is 0.560. The molecule has 4 nitrogen and oxygen atoms in total. The highest BCUT2D eigenvalue weighted by atomic mass is 16.5. The maximum Gasteiger partial charge on any atom is 0.334 e. The zero-order valence-corrected chi connectivity index (χ0v) is 8.73. The zero-order chi connectivity index (χ0) is 11.5. The number of esters is 1. The SMILES string of the molecule is CCOC(=O)C=C1Oc2ccccc2C1=O. The number of ketones is 1. The molecule has 0 aliphatic carbocycles. The molecule has 1 aromatic rings. The summed E-state index contributed by atoms with van der Waals surface area (Å²) in [5, 5.41) is 0. The monoisotopic (exact) mass is 218 g/mol. The summed E-state index contributed by atoms with van der Waals surface area (Å²) in [6.07, 6.45) is 1.08. The van der Waals surface area contributed by atoms with Gasteiger partial charge >= 0.3 is 5.97 Å². The van der Waals surface area contributed by atoms with Crippen LogP contribution in [0.5, 0.6) is 5.75 Å². The van der Waals surface area contributed by atoms with Gasteiger partial charge in [0.05, 0.1) is 18.2 Å². The van der Waals surface area contributed by atoms with Crippen molar-refractivity contribution < 1.29 is 19.1 Å². The molecule has 0 atom stereocenters. The second-order valence-corrected chi connectivity index (χ2v) is 3.19. The zero-order valence-electron chi connectivity index (χ0n) is 8.73. The van der Waals surface area contributed by atoms with Gasteiger partial charge < -0.3 is 9.47 Å². The fourth-order valence-electron chi connectivity index (χ4n) is 1.43. The predicted octanol–water partition coefficient (Wildman–Crippen LogP) is 1.71. The molecule has 0 spiro atoms. The van der Waals surface area contributed by atoms with Crippen LogP contribution in [0.4, 0.5) is 0 Å². The van der Waals surface area contributed by atoms with Crippen molar-refractivity contribution >= 4 is 11.8 Å². The van der Waals surface area contributed by atoms with Crippen LogP contribution in [0, 0.1) is 0 Å². The van der Waals surface area contributed by atoms with Gasteiger partial charge in [0.25, 0.3) is 0 Å². The fraction of sp³-hybridized carbons (Fsp3) is 0.167. The largest absolute Gasteiger partial charge is 0.463 e. The van der Waals surface area contributed by atoms with Gasteiger partial charge in [-0.15, -0.1) is 0 Å². The van der Waals surface area contributed by atoms with Crippen LogP contribution in [0.25, 0.3) is 0 Å². The molecule has 2 rings (SSSR count). The Hall–Kier alpha value is -2.10. The normalized spacial score (nSPS) is 15.8. The topological polar surface area (TPSA) is 52.6 Å². The third-order valence-corrected chi connectivity index (χ3v) is 2.11. The first kappa shape index (κ1) is 10.4. The lowest BCUT2D eigenvalue weighted by Crippen LogP contribution is -2.06. The molecule has 0 bridgehead atoms. The minimum Gasteiger partial charge on any atom is -0.463 e. The molecule has 4 heteroatoms. The number of fused-ring (bicyclic) bond motifs is 1. The molecule has 0 unspecified atom stereocenters. The Kier molecular flexibility index (Phi) is 2.72. The van der Waals surface area contributed by atoms with Crippen molar-refractivity contribution in [2.45, 2.75) is 6.92 Å². The van der Waals surface area contributed by atoms with Crippen LogP contribution in [0.15, 0.2) is 36.1 Å². The molecular formula is C12H10O4. The lowest BCUT2D eigenvalue weighted by Gasteiger charge is -1.98. The van der Waals surface area contributed by atoms with Crippen LogP contribution in [-0.2, 0) is 9.53 Å². The molecule has 0 saturated heterocycles. The number of allylic oxidation sites excluding steroid dienone is 1. The van der Waals surface area contributed by atoms with Crippen LogP contribution < -0.4 is 4.74 Å². The highest BCUT2D eigenvalue weighted by Crippen LogP contribution is 2.30. The Morgan fingerprint density at radius 1 is 1.44 bits per heavy atom. The molecule has 0 radical (unpaired) electrons. The molecule has 82 valence electrons. The standard InChI is InChI=1S/C12H10O4/c1-2-15-11(13)7-10-12(14)8-5-3-4-6-9(8)16-10/h3-7H,2H2,1H3. The second-order valence-electron chi connectivity index (χ2n) is 3.19. The summed E-state index contributed by atoms with van der Waals surface area (Å²) in [5.41, 5.74) is 0.470. The van der Waals surface area contributed by atoms with Crippen molar-refractivity contribution in [3.8, 4) is 5.75 Å². The number of hydrogen-bond acceptors (Lipinski definition) is 4. The average molecular weight is 218 g/mol. The Labute approximate surface area is 92.5 Å². The number of hydrogen-bond donors (Lipinski definition) is 0. The summed E-state index contributed by atoms with van der Waals surface area (Å²) < 4.78 is 9.95. The van der Waals surface area contributed by atoms with Crippen LogP contribution in [0.1, 0.15) is 17.3 Å². The van der Waals surface area contributed by atoms with E-state index in [1.165, 1.54) is 0 Å². The molecule has 16 heavy (non-hydrogen) atoms. The highest BCUT2D eigenvalue weighted by Gasteiger charge is 2.27. The molecule has 1 aromatic carbocycles. The molecule has 1 aliphatic heterocycles. The summed E-state index contributed by atoms with van der Waals surface area (Å²) in [7, 11) is 0. The lowest BCUT2D eigenvalue weighted by molar-refractivity contribution is -0.137. The van der Waals surface area contributed by atoms with Gasteiger partial charge in [-0.2, -0.15) is 0 Å². The van der Waals surface area contributed by atoms with Gasteiger partial charge in [-0.3, -0.25) is 4.79 Å². The van der Waals surface area contributed by atoms with Crippen molar-refractivity contribution in [3.63, 3.8) is 0 Å². The maximum atomic E-state index is 11.7. The molecule has 0 fully saturated rings.